The Morgan fingerprint density at radius 2 is 1.54 bits per heavy atom. The van der Waals surface area contributed by atoms with Crippen LogP contribution in [0.25, 0.3) is 0 Å². The van der Waals surface area contributed by atoms with E-state index in [0.29, 0.717) is 0 Å². The predicted molar refractivity (Wildman–Crippen MR) is 104 cm³/mol. The van der Waals surface area contributed by atoms with E-state index in [9.17, 15) is 4.79 Å². The molecule has 4 heteroatoms. The molecule has 0 aliphatic carbocycles. The van der Waals surface area contributed by atoms with E-state index in [1.54, 1.807) is 13.0 Å². The summed E-state index contributed by atoms with van der Waals surface area (Å²) in [5.41, 5.74) is 2.41. The minimum atomic E-state index is -0.663. The highest BCUT2D eigenvalue weighted by Gasteiger charge is 2.25. The van der Waals surface area contributed by atoms with E-state index in [0.717, 1.165) is 13.1 Å². The highest BCUT2D eigenvalue weighted by molar-refractivity contribution is 5.60. The lowest BCUT2D eigenvalue weighted by Gasteiger charge is -2.33. The van der Waals surface area contributed by atoms with Gasteiger partial charge in [-0.1, -0.05) is 67.2 Å². The summed E-state index contributed by atoms with van der Waals surface area (Å²) in [6.07, 6.45) is 0.537. The first kappa shape index (κ1) is 19.7. The third-order valence-electron chi connectivity index (χ3n) is 4.24. The first-order valence-electron chi connectivity index (χ1n) is 8.92. The van der Waals surface area contributed by atoms with Crippen molar-refractivity contribution in [3.8, 4) is 0 Å². The maximum absolute atomic E-state index is 11.7. The maximum atomic E-state index is 11.7. The monoisotopic (exact) mass is 353 g/mol. The molecule has 0 radical (unpaired) electrons. The summed E-state index contributed by atoms with van der Waals surface area (Å²) in [6.45, 7) is 9.40. The molecule has 0 heterocycles. The molecule has 2 aromatic rings. The number of hydrogen-bond acceptors (Lipinski definition) is 4. The van der Waals surface area contributed by atoms with Crippen molar-refractivity contribution in [1.29, 1.82) is 0 Å². The Kier molecular flexibility index (Phi) is 7.90. The predicted octanol–water partition coefficient (Wildman–Crippen LogP) is 4.81. The van der Waals surface area contributed by atoms with Crippen molar-refractivity contribution >= 4 is 6.16 Å². The number of rotatable bonds is 9. The van der Waals surface area contributed by atoms with Crippen molar-refractivity contribution < 1.29 is 14.3 Å². The molecule has 0 saturated heterocycles. The van der Waals surface area contributed by atoms with Gasteiger partial charge in [-0.15, -0.1) is 0 Å². The summed E-state index contributed by atoms with van der Waals surface area (Å²) in [4.78, 5) is 14.0. The molecule has 0 bridgehead atoms. The van der Waals surface area contributed by atoms with Gasteiger partial charge in [-0.05, 0) is 31.1 Å². The molecule has 1 unspecified atom stereocenters. The largest absolute Gasteiger partial charge is 0.508 e. The fourth-order valence-corrected chi connectivity index (χ4v) is 2.79. The van der Waals surface area contributed by atoms with E-state index in [4.69, 9.17) is 9.47 Å². The second kappa shape index (κ2) is 10.4. The SMILES string of the molecule is C=CC(OC(=O)OCC)[C@@H](C)N(Cc1ccccc1)Cc1ccccc1. The quantitative estimate of drug-likeness (QED) is 0.479. The van der Waals surface area contributed by atoms with Crippen LogP contribution < -0.4 is 0 Å². The Morgan fingerprint density at radius 3 is 1.96 bits per heavy atom. The van der Waals surface area contributed by atoms with Crippen molar-refractivity contribution in [2.75, 3.05) is 6.61 Å². The minimum Gasteiger partial charge on any atom is -0.435 e. The van der Waals surface area contributed by atoms with Crippen LogP contribution in [0.4, 0.5) is 4.79 Å². The summed E-state index contributed by atoms with van der Waals surface area (Å²) in [5.74, 6) is 0. The number of carbonyl (C=O) groups excluding carboxylic acids is 1. The standard InChI is InChI=1S/C22H27NO3/c1-4-21(26-22(24)25-5-2)18(3)23(16-19-12-8-6-9-13-19)17-20-14-10-7-11-15-20/h4,6-15,18,21H,1,5,16-17H2,2-3H3/t18-,21?/m1/s1. The topological polar surface area (TPSA) is 38.8 Å². The summed E-state index contributed by atoms with van der Waals surface area (Å²) < 4.78 is 10.4. The van der Waals surface area contributed by atoms with Gasteiger partial charge in [0.25, 0.3) is 0 Å². The Labute approximate surface area is 156 Å². The zero-order valence-electron chi connectivity index (χ0n) is 15.5. The molecule has 0 aromatic heterocycles. The van der Waals surface area contributed by atoms with E-state index in [1.165, 1.54) is 11.1 Å². The van der Waals surface area contributed by atoms with Gasteiger partial charge in [-0.25, -0.2) is 4.79 Å². The van der Waals surface area contributed by atoms with Crippen LogP contribution in [0.1, 0.15) is 25.0 Å². The van der Waals surface area contributed by atoms with Gasteiger partial charge in [0.05, 0.1) is 6.61 Å². The lowest BCUT2D eigenvalue weighted by atomic mass is 10.1. The Morgan fingerprint density at radius 1 is 1.04 bits per heavy atom. The maximum Gasteiger partial charge on any atom is 0.508 e. The number of hydrogen-bond donors (Lipinski definition) is 0. The highest BCUT2D eigenvalue weighted by atomic mass is 16.7. The molecule has 0 N–H and O–H groups in total. The van der Waals surface area contributed by atoms with Gasteiger partial charge >= 0.3 is 6.16 Å². The van der Waals surface area contributed by atoms with Crippen LogP contribution >= 0.6 is 0 Å². The van der Waals surface area contributed by atoms with E-state index in [2.05, 4.69) is 35.7 Å². The van der Waals surface area contributed by atoms with Gasteiger partial charge in [0.2, 0.25) is 0 Å². The van der Waals surface area contributed by atoms with Crippen molar-refractivity contribution in [2.45, 2.75) is 39.1 Å². The molecule has 0 saturated carbocycles. The summed E-state index contributed by atoms with van der Waals surface area (Å²) >= 11 is 0. The van der Waals surface area contributed by atoms with Gasteiger partial charge in [0.1, 0.15) is 6.10 Å². The lowest BCUT2D eigenvalue weighted by Crippen LogP contribution is -2.42. The summed E-state index contributed by atoms with van der Waals surface area (Å²) in [6, 6.07) is 20.5. The molecule has 0 spiro atoms. The summed E-state index contributed by atoms with van der Waals surface area (Å²) in [5, 5.41) is 0. The molecule has 138 valence electrons. The average molecular weight is 353 g/mol. The molecule has 2 aromatic carbocycles. The van der Waals surface area contributed by atoms with E-state index in [-0.39, 0.29) is 12.6 Å². The lowest BCUT2D eigenvalue weighted by molar-refractivity contribution is 0.00610. The van der Waals surface area contributed by atoms with Crippen LogP contribution in [0.3, 0.4) is 0 Å². The van der Waals surface area contributed by atoms with Gasteiger partial charge in [-0.2, -0.15) is 0 Å². The second-order valence-electron chi connectivity index (χ2n) is 6.12. The molecule has 2 rings (SSSR count). The summed E-state index contributed by atoms with van der Waals surface area (Å²) in [7, 11) is 0. The average Bonchev–Trinajstić information content (AvgIpc) is 2.67. The van der Waals surface area contributed by atoms with Crippen molar-refractivity contribution in [3.05, 3.63) is 84.4 Å². The van der Waals surface area contributed by atoms with Gasteiger partial charge < -0.3 is 9.47 Å². The van der Waals surface area contributed by atoms with Crippen molar-refractivity contribution in [2.24, 2.45) is 0 Å². The molecule has 0 amide bonds. The molecular weight excluding hydrogens is 326 g/mol. The Hall–Kier alpha value is -2.59. The Bertz CT molecular complexity index is 631. The number of ether oxygens (including phenoxy) is 2. The Balaban J connectivity index is 2.17. The van der Waals surface area contributed by atoms with E-state index < -0.39 is 12.3 Å². The van der Waals surface area contributed by atoms with Crippen LogP contribution in [0.15, 0.2) is 73.3 Å². The highest BCUT2D eigenvalue weighted by Crippen LogP contribution is 2.18. The fraction of sp³-hybridized carbons (Fsp3) is 0.318. The third-order valence-corrected chi connectivity index (χ3v) is 4.24. The second-order valence-corrected chi connectivity index (χ2v) is 6.12. The fourth-order valence-electron chi connectivity index (χ4n) is 2.79. The van der Waals surface area contributed by atoms with Crippen LogP contribution in [0, 0.1) is 0 Å². The van der Waals surface area contributed by atoms with E-state index in [1.807, 2.05) is 43.3 Å². The molecule has 0 aliphatic heterocycles. The van der Waals surface area contributed by atoms with E-state index >= 15 is 0 Å². The zero-order chi connectivity index (χ0) is 18.8. The number of carbonyl (C=O) groups is 1. The minimum absolute atomic E-state index is 0.0580. The normalized spacial score (nSPS) is 13.0. The first-order chi connectivity index (χ1) is 12.6. The number of nitrogens with zero attached hydrogens (tertiary/aromatic N) is 1. The molecule has 0 fully saturated rings. The van der Waals surface area contributed by atoms with Gasteiger partial charge in [0, 0.05) is 19.1 Å². The zero-order valence-corrected chi connectivity index (χ0v) is 15.5. The third kappa shape index (κ3) is 6.05. The smallest absolute Gasteiger partial charge is 0.435 e. The van der Waals surface area contributed by atoms with Crippen LogP contribution in [-0.4, -0.2) is 29.8 Å². The van der Waals surface area contributed by atoms with Crippen molar-refractivity contribution in [3.63, 3.8) is 0 Å². The van der Waals surface area contributed by atoms with Gasteiger partial charge in [-0.3, -0.25) is 4.90 Å². The molecular formula is C22H27NO3. The number of benzene rings is 2. The molecule has 4 nitrogen and oxygen atoms in total. The van der Waals surface area contributed by atoms with Crippen LogP contribution in [0.5, 0.6) is 0 Å². The molecule has 26 heavy (non-hydrogen) atoms. The molecule has 2 atom stereocenters. The van der Waals surface area contributed by atoms with Crippen molar-refractivity contribution in [1.82, 2.24) is 4.90 Å². The first-order valence-corrected chi connectivity index (χ1v) is 8.92. The van der Waals surface area contributed by atoms with Crippen LogP contribution in [0.2, 0.25) is 0 Å². The molecule has 0 aliphatic rings. The van der Waals surface area contributed by atoms with Gasteiger partial charge in [0.15, 0.2) is 0 Å². The van der Waals surface area contributed by atoms with Crippen LogP contribution in [-0.2, 0) is 22.6 Å².